The SMILES string of the molecule is Cc1ccc(S(=O)(=O)OC(=O)CC[C@@](N)(Cc2ccccc2)C(=O)O)cc1. The Hall–Kier alpha value is -2.71. The number of nitrogens with two attached hydrogens (primary N) is 1. The Morgan fingerprint density at radius 1 is 1.07 bits per heavy atom. The number of hydrogen-bond donors (Lipinski definition) is 2. The molecule has 2 aromatic rings. The summed E-state index contributed by atoms with van der Waals surface area (Å²) in [5.74, 6) is -2.33. The highest BCUT2D eigenvalue weighted by Crippen LogP contribution is 2.20. The topological polar surface area (TPSA) is 124 Å². The Bertz CT molecular complexity index is 909. The lowest BCUT2D eigenvalue weighted by Crippen LogP contribution is -2.50. The van der Waals surface area contributed by atoms with Gasteiger partial charge in [-0.2, -0.15) is 8.42 Å². The number of carbonyl (C=O) groups is 2. The highest BCUT2D eigenvalue weighted by atomic mass is 32.2. The number of carboxylic acid groups (broad SMARTS) is 1. The van der Waals surface area contributed by atoms with E-state index in [1.54, 1.807) is 49.4 Å². The van der Waals surface area contributed by atoms with Crippen molar-refractivity contribution in [2.45, 2.75) is 36.6 Å². The van der Waals surface area contributed by atoms with Crippen LogP contribution in [0.5, 0.6) is 0 Å². The summed E-state index contributed by atoms with van der Waals surface area (Å²) >= 11 is 0. The van der Waals surface area contributed by atoms with Gasteiger partial charge in [-0.05, 0) is 31.0 Å². The van der Waals surface area contributed by atoms with E-state index in [1.807, 2.05) is 0 Å². The zero-order chi connectivity index (χ0) is 20.1. The monoisotopic (exact) mass is 391 g/mol. The van der Waals surface area contributed by atoms with E-state index in [-0.39, 0.29) is 17.7 Å². The van der Waals surface area contributed by atoms with Crippen molar-refractivity contribution < 1.29 is 27.3 Å². The molecule has 3 N–H and O–H groups in total. The second-order valence-electron chi connectivity index (χ2n) is 6.35. The maximum Gasteiger partial charge on any atom is 0.341 e. The van der Waals surface area contributed by atoms with Gasteiger partial charge in [0.2, 0.25) is 0 Å². The smallest absolute Gasteiger partial charge is 0.341 e. The van der Waals surface area contributed by atoms with Gasteiger partial charge in [-0.3, -0.25) is 9.59 Å². The van der Waals surface area contributed by atoms with E-state index in [2.05, 4.69) is 4.18 Å². The molecule has 144 valence electrons. The van der Waals surface area contributed by atoms with Crippen LogP contribution in [0.15, 0.2) is 59.5 Å². The van der Waals surface area contributed by atoms with Gasteiger partial charge in [0.05, 0.1) is 0 Å². The zero-order valence-electron chi connectivity index (χ0n) is 14.8. The highest BCUT2D eigenvalue weighted by molar-refractivity contribution is 7.87. The van der Waals surface area contributed by atoms with Crippen molar-refractivity contribution in [2.75, 3.05) is 0 Å². The van der Waals surface area contributed by atoms with Gasteiger partial charge in [0, 0.05) is 12.8 Å². The van der Waals surface area contributed by atoms with Crippen LogP contribution in [0, 0.1) is 6.92 Å². The largest absolute Gasteiger partial charge is 0.480 e. The van der Waals surface area contributed by atoms with Crippen molar-refractivity contribution in [1.29, 1.82) is 0 Å². The molecule has 7 nitrogen and oxygen atoms in total. The van der Waals surface area contributed by atoms with Gasteiger partial charge >= 0.3 is 22.1 Å². The van der Waals surface area contributed by atoms with Crippen LogP contribution >= 0.6 is 0 Å². The molecule has 0 saturated heterocycles. The summed E-state index contributed by atoms with van der Waals surface area (Å²) < 4.78 is 28.8. The van der Waals surface area contributed by atoms with E-state index in [9.17, 15) is 23.1 Å². The van der Waals surface area contributed by atoms with Gasteiger partial charge in [0.25, 0.3) is 0 Å². The lowest BCUT2D eigenvalue weighted by molar-refractivity contribution is -0.144. The molecule has 0 amide bonds. The van der Waals surface area contributed by atoms with Crippen LogP contribution in [0.2, 0.25) is 0 Å². The third-order valence-electron chi connectivity index (χ3n) is 4.08. The van der Waals surface area contributed by atoms with Crippen LogP contribution in [-0.2, 0) is 30.3 Å². The van der Waals surface area contributed by atoms with Crippen molar-refractivity contribution in [3.05, 3.63) is 65.7 Å². The van der Waals surface area contributed by atoms with Gasteiger partial charge in [-0.1, -0.05) is 48.0 Å². The van der Waals surface area contributed by atoms with E-state index in [0.29, 0.717) is 5.56 Å². The summed E-state index contributed by atoms with van der Waals surface area (Å²) in [6.07, 6.45) is -0.707. The first-order chi connectivity index (χ1) is 12.6. The van der Waals surface area contributed by atoms with E-state index >= 15 is 0 Å². The fourth-order valence-electron chi connectivity index (χ4n) is 2.47. The molecule has 0 aliphatic heterocycles. The number of rotatable bonds is 8. The second kappa shape index (κ2) is 8.32. The van der Waals surface area contributed by atoms with Gasteiger partial charge in [-0.25, -0.2) is 0 Å². The van der Waals surface area contributed by atoms with Crippen molar-refractivity contribution in [2.24, 2.45) is 5.73 Å². The highest BCUT2D eigenvalue weighted by Gasteiger charge is 2.35. The van der Waals surface area contributed by atoms with Crippen LogP contribution in [0.4, 0.5) is 0 Å². The summed E-state index contributed by atoms with van der Waals surface area (Å²) in [5, 5.41) is 9.45. The molecular formula is C19H21NO6S. The van der Waals surface area contributed by atoms with Crippen molar-refractivity contribution in [3.8, 4) is 0 Å². The average molecular weight is 391 g/mol. The normalized spacial score (nSPS) is 13.6. The lowest BCUT2D eigenvalue weighted by Gasteiger charge is -2.24. The Morgan fingerprint density at radius 3 is 2.22 bits per heavy atom. The third-order valence-corrected chi connectivity index (χ3v) is 5.33. The third kappa shape index (κ3) is 5.63. The minimum Gasteiger partial charge on any atom is -0.480 e. The number of benzene rings is 2. The zero-order valence-corrected chi connectivity index (χ0v) is 15.6. The summed E-state index contributed by atoms with van der Waals surface area (Å²) in [6.45, 7) is 1.79. The lowest BCUT2D eigenvalue weighted by atomic mass is 9.87. The van der Waals surface area contributed by atoms with Crippen molar-refractivity contribution in [3.63, 3.8) is 0 Å². The molecule has 0 saturated carbocycles. The Labute approximate surface area is 157 Å². The molecule has 27 heavy (non-hydrogen) atoms. The summed E-state index contributed by atoms with van der Waals surface area (Å²) in [7, 11) is -4.26. The molecule has 0 fully saturated rings. The van der Waals surface area contributed by atoms with Crippen LogP contribution in [-0.4, -0.2) is 31.0 Å². The number of aryl methyl sites for hydroxylation is 1. The number of aliphatic carboxylic acids is 1. The first kappa shape index (κ1) is 20.6. The molecule has 8 heteroatoms. The maximum atomic E-state index is 12.1. The molecule has 0 aliphatic rings. The Kier molecular flexibility index (Phi) is 6.35. The molecule has 0 radical (unpaired) electrons. The fourth-order valence-corrected chi connectivity index (χ4v) is 3.37. The van der Waals surface area contributed by atoms with Gasteiger partial charge in [0.1, 0.15) is 10.4 Å². The standard InChI is InChI=1S/C19H21NO6S/c1-14-7-9-16(10-8-14)27(24,25)26-17(21)11-12-19(20,18(22)23)13-15-5-3-2-4-6-15/h2-10H,11-13,20H2,1H3,(H,22,23)/t19-/m1/s1. The maximum absolute atomic E-state index is 12.1. The molecule has 0 bridgehead atoms. The first-order valence-electron chi connectivity index (χ1n) is 8.23. The fraction of sp³-hybridized carbons (Fsp3) is 0.263. The van der Waals surface area contributed by atoms with Crippen LogP contribution < -0.4 is 5.73 Å². The summed E-state index contributed by atoms with van der Waals surface area (Å²) in [6, 6.07) is 14.6. The van der Waals surface area contributed by atoms with E-state index in [0.717, 1.165) is 5.56 Å². The van der Waals surface area contributed by atoms with Crippen molar-refractivity contribution in [1.82, 2.24) is 0 Å². The summed E-state index contributed by atoms with van der Waals surface area (Å²) in [4.78, 5) is 23.4. The number of carboxylic acids is 1. The predicted molar refractivity (Wildman–Crippen MR) is 98.4 cm³/mol. The minimum absolute atomic E-state index is 0.00116. The molecule has 2 aromatic carbocycles. The second-order valence-corrected chi connectivity index (χ2v) is 7.89. The Balaban J connectivity index is 2.03. The predicted octanol–water partition coefficient (Wildman–Crippen LogP) is 2.03. The van der Waals surface area contributed by atoms with Crippen molar-refractivity contribution >= 4 is 22.1 Å². The molecule has 0 spiro atoms. The van der Waals surface area contributed by atoms with Gasteiger partial charge in [0.15, 0.2) is 0 Å². The quantitative estimate of drug-likeness (QED) is 0.660. The molecule has 0 aromatic heterocycles. The minimum atomic E-state index is -4.26. The number of carbonyl (C=O) groups excluding carboxylic acids is 1. The van der Waals surface area contributed by atoms with E-state index in [1.165, 1.54) is 12.1 Å². The molecule has 0 heterocycles. The first-order valence-corrected chi connectivity index (χ1v) is 9.63. The van der Waals surface area contributed by atoms with E-state index in [4.69, 9.17) is 5.73 Å². The average Bonchev–Trinajstić information content (AvgIpc) is 2.61. The summed E-state index contributed by atoms with van der Waals surface area (Å²) in [5.41, 5.74) is 5.80. The van der Waals surface area contributed by atoms with Crippen LogP contribution in [0.3, 0.4) is 0 Å². The van der Waals surface area contributed by atoms with Crippen LogP contribution in [0.1, 0.15) is 24.0 Å². The van der Waals surface area contributed by atoms with Gasteiger partial charge < -0.3 is 15.0 Å². The van der Waals surface area contributed by atoms with E-state index < -0.39 is 34.0 Å². The number of hydrogen-bond acceptors (Lipinski definition) is 6. The molecular weight excluding hydrogens is 370 g/mol. The van der Waals surface area contributed by atoms with Gasteiger partial charge in [-0.15, -0.1) is 0 Å². The molecule has 0 unspecified atom stereocenters. The molecule has 2 rings (SSSR count). The Morgan fingerprint density at radius 2 is 1.67 bits per heavy atom. The van der Waals surface area contributed by atoms with Crippen LogP contribution in [0.25, 0.3) is 0 Å². The molecule has 1 atom stereocenters. The molecule has 0 aliphatic carbocycles.